The highest BCUT2D eigenvalue weighted by atomic mass is 79.9. The first-order valence-corrected chi connectivity index (χ1v) is 11.0. The summed E-state index contributed by atoms with van der Waals surface area (Å²) in [5, 5.41) is 3.94. The Balaban J connectivity index is 1.51. The molecule has 0 aromatic heterocycles. The zero-order valence-electron chi connectivity index (χ0n) is 18.1. The van der Waals surface area contributed by atoms with E-state index >= 15 is 0 Å². The van der Waals surface area contributed by atoms with Crippen molar-refractivity contribution in [2.45, 2.75) is 0 Å². The number of para-hydroxylation sites is 2. The number of hydrogen-bond acceptors (Lipinski definition) is 5. The first-order valence-electron chi connectivity index (χ1n) is 10.2. The standard InChI is InChI=1S/C25H20BrN3O5/c1-33-21-14-16(12-19-24(31)28-29(25(19)32)18-10-6-3-7-11-18)13-20(26)23(21)34-15-22(30)27-17-8-4-2-5-9-17/h2-14H,15H2,1H3,(H,27,30)(H,28,31)/b19-12-. The number of anilines is 2. The first-order chi connectivity index (χ1) is 16.5. The molecule has 1 heterocycles. The van der Waals surface area contributed by atoms with Gasteiger partial charge in [-0.25, -0.2) is 5.01 Å². The number of rotatable bonds is 7. The summed E-state index contributed by atoms with van der Waals surface area (Å²) in [7, 11) is 1.46. The average molecular weight is 522 g/mol. The van der Waals surface area contributed by atoms with Crippen LogP contribution in [0.15, 0.2) is 82.8 Å². The van der Waals surface area contributed by atoms with Crippen molar-refractivity contribution in [1.29, 1.82) is 0 Å². The molecule has 8 nitrogen and oxygen atoms in total. The van der Waals surface area contributed by atoms with Crippen LogP contribution >= 0.6 is 15.9 Å². The molecule has 1 aliphatic heterocycles. The van der Waals surface area contributed by atoms with E-state index in [-0.39, 0.29) is 18.1 Å². The van der Waals surface area contributed by atoms with Crippen molar-refractivity contribution in [2.24, 2.45) is 0 Å². The third-order valence-corrected chi connectivity index (χ3v) is 5.46. The Labute approximate surface area is 204 Å². The number of nitrogens with zero attached hydrogens (tertiary/aromatic N) is 1. The van der Waals surface area contributed by atoms with Crippen LogP contribution in [0.25, 0.3) is 6.08 Å². The highest BCUT2D eigenvalue weighted by Gasteiger charge is 2.34. The molecule has 9 heteroatoms. The molecule has 1 aliphatic rings. The van der Waals surface area contributed by atoms with E-state index in [1.54, 1.807) is 48.5 Å². The predicted molar refractivity (Wildman–Crippen MR) is 131 cm³/mol. The number of halogens is 1. The van der Waals surface area contributed by atoms with Crippen molar-refractivity contribution in [3.63, 3.8) is 0 Å². The van der Waals surface area contributed by atoms with E-state index < -0.39 is 11.8 Å². The minimum absolute atomic E-state index is 0.0197. The van der Waals surface area contributed by atoms with Gasteiger partial charge in [0.15, 0.2) is 18.1 Å². The summed E-state index contributed by atoms with van der Waals surface area (Å²) in [6.45, 7) is -0.239. The van der Waals surface area contributed by atoms with Crippen molar-refractivity contribution >= 4 is 51.1 Å². The van der Waals surface area contributed by atoms with Crippen LogP contribution in [-0.2, 0) is 14.4 Å². The number of ether oxygens (including phenoxy) is 2. The van der Waals surface area contributed by atoms with Crippen LogP contribution < -0.4 is 25.2 Å². The van der Waals surface area contributed by atoms with E-state index in [1.165, 1.54) is 18.2 Å². The Hall–Kier alpha value is -4.11. The molecule has 0 radical (unpaired) electrons. The smallest absolute Gasteiger partial charge is 0.282 e. The van der Waals surface area contributed by atoms with Crippen LogP contribution in [0.2, 0.25) is 0 Å². The quantitative estimate of drug-likeness (QED) is 0.362. The fourth-order valence-corrected chi connectivity index (χ4v) is 3.88. The molecule has 2 N–H and O–H groups in total. The maximum atomic E-state index is 12.8. The summed E-state index contributed by atoms with van der Waals surface area (Å²) >= 11 is 3.42. The molecule has 3 aromatic rings. The fourth-order valence-electron chi connectivity index (χ4n) is 3.30. The number of nitrogens with one attached hydrogen (secondary N) is 2. The zero-order chi connectivity index (χ0) is 24.1. The van der Waals surface area contributed by atoms with Gasteiger partial charge in [0.25, 0.3) is 17.7 Å². The van der Waals surface area contributed by atoms with Gasteiger partial charge in [-0.2, -0.15) is 0 Å². The topological polar surface area (TPSA) is 97.0 Å². The molecule has 3 amide bonds. The van der Waals surface area contributed by atoms with Crippen molar-refractivity contribution in [2.75, 3.05) is 24.0 Å². The molecule has 172 valence electrons. The van der Waals surface area contributed by atoms with Gasteiger partial charge in [0.1, 0.15) is 5.57 Å². The van der Waals surface area contributed by atoms with Crippen LogP contribution in [-0.4, -0.2) is 31.4 Å². The summed E-state index contributed by atoms with van der Waals surface area (Å²) in [4.78, 5) is 37.5. The van der Waals surface area contributed by atoms with Gasteiger partial charge >= 0.3 is 0 Å². The number of hydrogen-bond donors (Lipinski definition) is 2. The van der Waals surface area contributed by atoms with Gasteiger partial charge in [-0.3, -0.25) is 19.8 Å². The molecular weight excluding hydrogens is 502 g/mol. The number of amides is 3. The Morgan fingerprint density at radius 3 is 2.41 bits per heavy atom. The van der Waals surface area contributed by atoms with Gasteiger partial charge in [0.2, 0.25) is 0 Å². The molecule has 1 saturated heterocycles. The molecule has 3 aromatic carbocycles. The van der Waals surface area contributed by atoms with E-state index in [0.717, 1.165) is 0 Å². The SMILES string of the molecule is COc1cc(/C=C2/C(=O)NN(c3ccccc3)C2=O)cc(Br)c1OCC(=O)Nc1ccccc1. The first kappa shape index (κ1) is 23.1. The molecule has 0 aliphatic carbocycles. The summed E-state index contributed by atoms with van der Waals surface area (Å²) in [5.41, 5.74) is 4.30. The molecule has 0 saturated carbocycles. The molecule has 1 fully saturated rings. The third-order valence-electron chi connectivity index (χ3n) is 4.87. The maximum absolute atomic E-state index is 12.8. The highest BCUT2D eigenvalue weighted by Crippen LogP contribution is 2.37. The molecular formula is C25H20BrN3O5. The van der Waals surface area contributed by atoms with Gasteiger partial charge in [-0.1, -0.05) is 36.4 Å². The largest absolute Gasteiger partial charge is 0.493 e. The van der Waals surface area contributed by atoms with Crippen LogP contribution in [0.1, 0.15) is 5.56 Å². The summed E-state index contributed by atoms with van der Waals surface area (Å²) < 4.78 is 11.6. The van der Waals surface area contributed by atoms with Gasteiger partial charge < -0.3 is 14.8 Å². The zero-order valence-corrected chi connectivity index (χ0v) is 19.7. The number of carbonyl (C=O) groups excluding carboxylic acids is 3. The molecule has 0 bridgehead atoms. The molecule has 0 spiro atoms. The maximum Gasteiger partial charge on any atom is 0.282 e. The summed E-state index contributed by atoms with van der Waals surface area (Å²) in [6, 6.07) is 21.1. The molecule has 0 unspecified atom stereocenters. The number of benzene rings is 3. The second-order valence-electron chi connectivity index (χ2n) is 7.21. The Kier molecular flexibility index (Phi) is 6.93. The normalized spacial score (nSPS) is 14.2. The summed E-state index contributed by atoms with van der Waals surface area (Å²) in [6.07, 6.45) is 1.47. The second kappa shape index (κ2) is 10.2. The van der Waals surface area contributed by atoms with Gasteiger partial charge in [-0.05, 0) is 64.0 Å². The van der Waals surface area contributed by atoms with E-state index in [0.29, 0.717) is 32.9 Å². The lowest BCUT2D eigenvalue weighted by atomic mass is 10.1. The monoisotopic (exact) mass is 521 g/mol. The minimum atomic E-state index is -0.512. The van der Waals surface area contributed by atoms with E-state index in [1.807, 2.05) is 24.3 Å². The van der Waals surface area contributed by atoms with Gasteiger partial charge in [0.05, 0.1) is 17.3 Å². The van der Waals surface area contributed by atoms with Gasteiger partial charge in [0, 0.05) is 5.69 Å². The predicted octanol–water partition coefficient (Wildman–Crippen LogP) is 3.94. The molecule has 0 atom stereocenters. The second-order valence-corrected chi connectivity index (χ2v) is 8.07. The Bertz CT molecular complexity index is 1260. The van der Waals surface area contributed by atoms with Gasteiger partial charge in [-0.15, -0.1) is 0 Å². The van der Waals surface area contributed by atoms with Crippen LogP contribution in [0.4, 0.5) is 11.4 Å². The minimum Gasteiger partial charge on any atom is -0.493 e. The van der Waals surface area contributed by atoms with Crippen LogP contribution in [0, 0.1) is 0 Å². The number of methoxy groups -OCH3 is 1. The lowest BCUT2D eigenvalue weighted by Gasteiger charge is -2.14. The lowest BCUT2D eigenvalue weighted by molar-refractivity contribution is -0.118. The summed E-state index contributed by atoms with van der Waals surface area (Å²) in [5.74, 6) is -0.660. The van der Waals surface area contributed by atoms with Crippen molar-refractivity contribution in [3.8, 4) is 11.5 Å². The number of carbonyl (C=O) groups is 3. The Morgan fingerprint density at radius 2 is 1.74 bits per heavy atom. The lowest BCUT2D eigenvalue weighted by Crippen LogP contribution is -2.35. The Morgan fingerprint density at radius 1 is 1.06 bits per heavy atom. The fraction of sp³-hybridized carbons (Fsp3) is 0.0800. The van der Waals surface area contributed by atoms with Crippen LogP contribution in [0.3, 0.4) is 0 Å². The van der Waals surface area contributed by atoms with Crippen molar-refractivity contribution in [3.05, 3.63) is 88.4 Å². The average Bonchev–Trinajstić information content (AvgIpc) is 3.12. The van der Waals surface area contributed by atoms with E-state index in [2.05, 4.69) is 26.7 Å². The number of hydrazine groups is 1. The van der Waals surface area contributed by atoms with E-state index in [4.69, 9.17) is 9.47 Å². The molecule has 4 rings (SSSR count). The van der Waals surface area contributed by atoms with Crippen molar-refractivity contribution in [1.82, 2.24) is 5.43 Å². The van der Waals surface area contributed by atoms with Crippen LogP contribution in [0.5, 0.6) is 11.5 Å². The van der Waals surface area contributed by atoms with Crippen molar-refractivity contribution < 1.29 is 23.9 Å². The molecule has 34 heavy (non-hydrogen) atoms. The third kappa shape index (κ3) is 5.10. The van der Waals surface area contributed by atoms with E-state index in [9.17, 15) is 14.4 Å². The highest BCUT2D eigenvalue weighted by molar-refractivity contribution is 9.10.